The van der Waals surface area contributed by atoms with Gasteiger partial charge in [0, 0.05) is 36.5 Å². The Balaban J connectivity index is 1.97. The van der Waals surface area contributed by atoms with E-state index in [9.17, 15) is 4.79 Å². The van der Waals surface area contributed by atoms with Gasteiger partial charge in [0.15, 0.2) is 5.78 Å². The molecule has 0 bridgehead atoms. The minimum absolute atomic E-state index is 0.0267. The number of methoxy groups -OCH3 is 1. The Hall–Kier alpha value is -1.50. The van der Waals surface area contributed by atoms with Crippen LogP contribution in [-0.2, 0) is 10.5 Å². The Morgan fingerprint density at radius 3 is 2.93 bits per heavy atom. The van der Waals surface area contributed by atoms with Gasteiger partial charge >= 0.3 is 0 Å². The minimum atomic E-state index is 0.0267. The van der Waals surface area contributed by atoms with Gasteiger partial charge in [-0.1, -0.05) is 6.08 Å². The molecule has 1 aromatic rings. The summed E-state index contributed by atoms with van der Waals surface area (Å²) in [5, 5.41) is 3.65. The molecule has 5 nitrogen and oxygen atoms in total. The molecule has 0 amide bonds. The van der Waals surface area contributed by atoms with Crippen molar-refractivity contribution in [2.75, 3.05) is 51.1 Å². The zero-order valence-corrected chi connectivity index (χ0v) is 17.6. The van der Waals surface area contributed by atoms with Crippen molar-refractivity contribution in [3.63, 3.8) is 0 Å². The maximum absolute atomic E-state index is 12.8. The molecule has 6 heteroatoms. The molecule has 2 aliphatic rings. The topological polar surface area (TPSA) is 50.8 Å². The van der Waals surface area contributed by atoms with Gasteiger partial charge in [0.25, 0.3) is 0 Å². The molecule has 0 saturated carbocycles. The predicted octanol–water partition coefficient (Wildman–Crippen LogP) is 3.28. The highest BCUT2D eigenvalue weighted by molar-refractivity contribution is 7.97. The van der Waals surface area contributed by atoms with E-state index in [1.807, 2.05) is 32.1 Å². The monoisotopic (exact) mass is 390 g/mol. The molecule has 2 heterocycles. The maximum atomic E-state index is 12.8. The van der Waals surface area contributed by atoms with Crippen molar-refractivity contribution in [3.05, 3.63) is 34.9 Å². The van der Waals surface area contributed by atoms with E-state index >= 15 is 0 Å². The predicted molar refractivity (Wildman–Crippen MR) is 112 cm³/mol. The molecular formula is C21H30N2O3S. The Kier molecular flexibility index (Phi) is 6.50. The molecule has 1 aromatic carbocycles. The molecule has 2 saturated heterocycles. The molecular weight excluding hydrogens is 360 g/mol. The molecule has 27 heavy (non-hydrogen) atoms. The van der Waals surface area contributed by atoms with Crippen LogP contribution in [0.15, 0.2) is 23.8 Å². The van der Waals surface area contributed by atoms with Gasteiger partial charge in [0.1, 0.15) is 5.75 Å². The van der Waals surface area contributed by atoms with Crippen LogP contribution in [0.2, 0.25) is 0 Å². The van der Waals surface area contributed by atoms with Crippen LogP contribution in [-0.4, -0.2) is 57.5 Å². The molecule has 0 radical (unpaired) electrons. The highest BCUT2D eigenvalue weighted by Gasteiger charge is 2.40. The van der Waals surface area contributed by atoms with Crippen molar-refractivity contribution in [1.29, 1.82) is 0 Å². The number of hydrogen-bond donors (Lipinski definition) is 1. The number of allylic oxidation sites excluding steroid dienone is 2. The first-order valence-electron chi connectivity index (χ1n) is 9.49. The third-order valence-corrected chi connectivity index (χ3v) is 6.16. The number of hydrogen-bond acceptors (Lipinski definition) is 6. The largest absolute Gasteiger partial charge is 0.494 e. The SMILES string of the molecule is C/C=C(/C)C(=O)c1ccc(N2CCC3(COCCN3)C2)c(OC)c1CSC. The summed E-state index contributed by atoms with van der Waals surface area (Å²) in [6.07, 6.45) is 4.97. The maximum Gasteiger partial charge on any atom is 0.188 e. The molecule has 2 fully saturated rings. The number of ether oxygens (including phenoxy) is 2. The molecule has 2 aliphatic heterocycles. The first-order chi connectivity index (χ1) is 13.0. The average Bonchev–Trinajstić information content (AvgIpc) is 3.10. The number of nitrogens with zero attached hydrogens (tertiary/aromatic N) is 1. The van der Waals surface area contributed by atoms with Gasteiger partial charge in [-0.2, -0.15) is 11.8 Å². The number of morpholine rings is 1. The van der Waals surface area contributed by atoms with E-state index in [0.29, 0.717) is 0 Å². The molecule has 1 spiro atoms. The normalized spacial score (nSPS) is 23.1. The summed E-state index contributed by atoms with van der Waals surface area (Å²) < 4.78 is 11.6. The van der Waals surface area contributed by atoms with Crippen molar-refractivity contribution in [2.24, 2.45) is 0 Å². The second-order valence-corrected chi connectivity index (χ2v) is 8.18. The lowest BCUT2D eigenvalue weighted by Crippen LogP contribution is -2.55. The molecule has 3 rings (SSSR count). The standard InChI is InChI=1S/C21H30N2O3S/c1-5-15(2)19(24)16-6-7-18(20(25-3)17(16)12-27-4)23-10-8-21(13-23)14-26-11-9-22-21/h5-7,22H,8-14H2,1-4H3/b15-5-. The van der Waals surface area contributed by atoms with Gasteiger partial charge in [0.2, 0.25) is 0 Å². The fourth-order valence-corrected chi connectivity index (χ4v) is 4.56. The summed E-state index contributed by atoms with van der Waals surface area (Å²) in [4.78, 5) is 15.2. The first-order valence-corrected chi connectivity index (χ1v) is 10.9. The third-order valence-electron chi connectivity index (χ3n) is 5.59. The molecule has 1 unspecified atom stereocenters. The van der Waals surface area contributed by atoms with E-state index in [2.05, 4.69) is 16.5 Å². The van der Waals surface area contributed by atoms with Gasteiger partial charge in [-0.05, 0) is 44.2 Å². The number of ketones is 1. The highest BCUT2D eigenvalue weighted by Crippen LogP contribution is 2.40. The van der Waals surface area contributed by atoms with E-state index in [-0.39, 0.29) is 11.3 Å². The zero-order valence-electron chi connectivity index (χ0n) is 16.8. The number of carbonyl (C=O) groups excluding carboxylic acids is 1. The zero-order chi connectivity index (χ0) is 19.4. The van der Waals surface area contributed by atoms with Gasteiger partial charge in [-0.3, -0.25) is 4.79 Å². The van der Waals surface area contributed by atoms with E-state index in [4.69, 9.17) is 9.47 Å². The lowest BCUT2D eigenvalue weighted by Gasteiger charge is -2.35. The Bertz CT molecular complexity index is 726. The second-order valence-electron chi connectivity index (χ2n) is 7.31. The number of anilines is 1. The first kappa shape index (κ1) is 20.2. The van der Waals surface area contributed by atoms with Gasteiger partial charge < -0.3 is 19.7 Å². The number of carbonyl (C=O) groups is 1. The number of Topliss-reactive ketones (excluding diaryl/α,β-unsaturated/α-hetero) is 1. The van der Waals surface area contributed by atoms with Crippen LogP contribution < -0.4 is 15.0 Å². The van der Waals surface area contributed by atoms with E-state index < -0.39 is 0 Å². The fraction of sp³-hybridized carbons (Fsp3) is 0.571. The van der Waals surface area contributed by atoms with Crippen molar-refractivity contribution in [1.82, 2.24) is 5.32 Å². The molecule has 0 aromatic heterocycles. The van der Waals surface area contributed by atoms with Crippen LogP contribution in [0.4, 0.5) is 5.69 Å². The number of nitrogens with one attached hydrogen (secondary N) is 1. The number of thioether (sulfide) groups is 1. The average molecular weight is 391 g/mol. The summed E-state index contributed by atoms with van der Waals surface area (Å²) in [6, 6.07) is 4.01. The number of rotatable bonds is 6. The van der Waals surface area contributed by atoms with E-state index in [1.165, 1.54) is 0 Å². The van der Waals surface area contributed by atoms with E-state index in [1.54, 1.807) is 18.9 Å². The van der Waals surface area contributed by atoms with Crippen molar-refractivity contribution < 1.29 is 14.3 Å². The van der Waals surface area contributed by atoms with Crippen LogP contribution in [0.25, 0.3) is 0 Å². The summed E-state index contributed by atoms with van der Waals surface area (Å²) in [5.74, 6) is 1.65. The summed E-state index contributed by atoms with van der Waals surface area (Å²) in [7, 11) is 1.70. The fourth-order valence-electron chi connectivity index (χ4n) is 3.98. The third kappa shape index (κ3) is 4.03. The molecule has 0 aliphatic carbocycles. The Labute approximate surface area is 166 Å². The molecule has 1 N–H and O–H groups in total. The lowest BCUT2D eigenvalue weighted by molar-refractivity contribution is 0.0368. The van der Waals surface area contributed by atoms with Gasteiger partial charge in [-0.15, -0.1) is 0 Å². The van der Waals surface area contributed by atoms with Gasteiger partial charge in [0.05, 0.1) is 31.5 Å². The van der Waals surface area contributed by atoms with Crippen LogP contribution in [0.1, 0.15) is 36.2 Å². The lowest BCUT2D eigenvalue weighted by atomic mass is 9.97. The second kappa shape index (κ2) is 8.67. The summed E-state index contributed by atoms with van der Waals surface area (Å²) in [6.45, 7) is 8.04. The van der Waals surface area contributed by atoms with E-state index in [0.717, 1.165) is 73.2 Å². The smallest absolute Gasteiger partial charge is 0.188 e. The quantitative estimate of drug-likeness (QED) is 0.594. The van der Waals surface area contributed by atoms with Crippen molar-refractivity contribution in [2.45, 2.75) is 31.6 Å². The number of benzene rings is 1. The minimum Gasteiger partial charge on any atom is -0.494 e. The van der Waals surface area contributed by atoms with Crippen LogP contribution >= 0.6 is 11.8 Å². The van der Waals surface area contributed by atoms with Crippen LogP contribution in [0.3, 0.4) is 0 Å². The summed E-state index contributed by atoms with van der Waals surface area (Å²) >= 11 is 1.71. The van der Waals surface area contributed by atoms with Gasteiger partial charge in [-0.25, -0.2) is 0 Å². The molecule has 1 atom stereocenters. The molecule has 148 valence electrons. The summed E-state index contributed by atoms with van der Waals surface area (Å²) in [5.41, 5.74) is 3.59. The van der Waals surface area contributed by atoms with Crippen LogP contribution in [0.5, 0.6) is 5.75 Å². The van der Waals surface area contributed by atoms with Crippen LogP contribution in [0, 0.1) is 0 Å². The van der Waals surface area contributed by atoms with Crippen molar-refractivity contribution >= 4 is 23.2 Å². The Morgan fingerprint density at radius 2 is 2.30 bits per heavy atom. The Morgan fingerprint density at radius 1 is 1.48 bits per heavy atom. The highest BCUT2D eigenvalue weighted by atomic mass is 32.2. The van der Waals surface area contributed by atoms with Crippen molar-refractivity contribution in [3.8, 4) is 5.75 Å².